The number of fused-ring (bicyclic) bond motifs is 1. The van der Waals surface area contributed by atoms with E-state index in [0.29, 0.717) is 0 Å². The fourth-order valence-electron chi connectivity index (χ4n) is 4.80. The molecule has 0 saturated carbocycles. The molecule has 2 aliphatic carbocycles. The molecule has 1 unspecified atom stereocenters. The van der Waals surface area contributed by atoms with Crippen LogP contribution >= 0.6 is 0 Å². The van der Waals surface area contributed by atoms with E-state index < -0.39 is 28.4 Å². The van der Waals surface area contributed by atoms with Gasteiger partial charge in [0.15, 0.2) is 0 Å². The van der Waals surface area contributed by atoms with Crippen molar-refractivity contribution >= 4 is 24.3 Å². The Morgan fingerprint density at radius 2 is 1.65 bits per heavy atom. The third-order valence-electron chi connectivity index (χ3n) is 6.27. The van der Waals surface area contributed by atoms with Gasteiger partial charge < -0.3 is 24.8 Å². The summed E-state index contributed by atoms with van der Waals surface area (Å²) in [5, 5.41) is 1.54. The maximum atomic E-state index is 2.65. The van der Waals surface area contributed by atoms with Gasteiger partial charge in [-0.3, -0.25) is 0 Å². The van der Waals surface area contributed by atoms with Crippen molar-refractivity contribution in [3.63, 3.8) is 0 Å². The minimum Gasteiger partial charge on any atom is -1.00 e. The van der Waals surface area contributed by atoms with Crippen LogP contribution in [0.3, 0.4) is 0 Å². The molecule has 0 spiro atoms. The van der Waals surface area contributed by atoms with Gasteiger partial charge in [0.1, 0.15) is 0 Å². The first-order valence-corrected chi connectivity index (χ1v) is 23.1. The van der Waals surface area contributed by atoms with Crippen LogP contribution in [0.5, 0.6) is 0 Å². The Morgan fingerprint density at radius 3 is 2.19 bits per heavy atom. The Balaban J connectivity index is 0.00000171. The second-order valence-electron chi connectivity index (χ2n) is 9.66. The molecule has 0 heterocycles. The Kier molecular flexibility index (Phi) is 9.22. The molecule has 0 aliphatic heterocycles. The van der Waals surface area contributed by atoms with Crippen LogP contribution in [0.25, 0.3) is 16.7 Å². The Hall–Kier alpha value is -0.443. The van der Waals surface area contributed by atoms with E-state index in [2.05, 4.69) is 106 Å². The van der Waals surface area contributed by atoms with Crippen molar-refractivity contribution in [3.8, 4) is 11.1 Å². The Bertz CT molecular complexity index is 1080. The number of hydrogen-bond acceptors (Lipinski definition) is 0. The summed E-state index contributed by atoms with van der Waals surface area (Å²) in [6, 6.07) is 16.6. The molecule has 0 bridgehead atoms. The predicted molar refractivity (Wildman–Crippen MR) is 131 cm³/mol. The van der Waals surface area contributed by atoms with Crippen LogP contribution in [-0.4, -0.2) is 13.5 Å². The van der Waals surface area contributed by atoms with Crippen LogP contribution in [0.2, 0.25) is 32.7 Å². The molecule has 2 aromatic carbocycles. The molecule has 0 amide bonds. The van der Waals surface area contributed by atoms with Crippen LogP contribution in [0.15, 0.2) is 70.0 Å². The third-order valence-corrected chi connectivity index (χ3v) is 26.4. The molecular weight excluding hydrogens is 531 g/mol. The molecule has 0 aromatic heterocycles. The molecule has 0 radical (unpaired) electrons. The molecule has 0 fully saturated rings. The first-order chi connectivity index (χ1) is 13.8. The fourth-order valence-corrected chi connectivity index (χ4v) is 23.9. The van der Waals surface area contributed by atoms with Crippen molar-refractivity contribution < 1.29 is 45.2 Å². The first kappa shape index (κ1) is 26.8. The number of hydrogen-bond donors (Lipinski definition) is 0. The van der Waals surface area contributed by atoms with Crippen LogP contribution in [0.1, 0.15) is 28.1 Å². The summed E-state index contributed by atoms with van der Waals surface area (Å²) in [5.74, 6) is 0. The Labute approximate surface area is 210 Å². The molecule has 0 N–H and O–H groups in total. The molecule has 0 nitrogen and oxygen atoms in total. The smallest absolute Gasteiger partial charge is 1.00 e. The maximum absolute atomic E-state index is 2.65. The van der Waals surface area contributed by atoms with E-state index in [9.17, 15) is 0 Å². The zero-order chi connectivity index (χ0) is 20.8. The second-order valence-corrected chi connectivity index (χ2v) is 32.4. The molecule has 0 saturated heterocycles. The van der Waals surface area contributed by atoms with Crippen molar-refractivity contribution in [3.05, 3.63) is 81.2 Å². The largest absolute Gasteiger partial charge is 1.00 e. The number of halogens is 2. The summed E-state index contributed by atoms with van der Waals surface area (Å²) in [5.41, 5.74) is 7.22. The third kappa shape index (κ3) is 5.39. The minimum absolute atomic E-state index is 0. The zero-order valence-corrected chi connectivity index (χ0v) is 25.4. The monoisotopic (exact) mass is 560 g/mol. The number of benzene rings is 2. The van der Waals surface area contributed by atoms with Crippen molar-refractivity contribution in [2.75, 3.05) is 0 Å². The van der Waals surface area contributed by atoms with Crippen LogP contribution in [-0.2, 0) is 20.4 Å². The summed E-state index contributed by atoms with van der Waals surface area (Å²) in [6.07, 6.45) is 11.0. The van der Waals surface area contributed by atoms with Gasteiger partial charge in [-0.05, 0) is 0 Å². The fraction of sp³-hybridized carbons (Fsp3) is 0.308. The second kappa shape index (κ2) is 10.7. The topological polar surface area (TPSA) is 0 Å². The summed E-state index contributed by atoms with van der Waals surface area (Å²) in [6.45, 7) is 14.8. The first-order valence-electron chi connectivity index (χ1n) is 10.7. The van der Waals surface area contributed by atoms with Gasteiger partial charge in [-0.2, -0.15) is 0 Å². The van der Waals surface area contributed by atoms with Gasteiger partial charge in [-0.1, -0.05) is 0 Å². The van der Waals surface area contributed by atoms with Gasteiger partial charge in [0.05, 0.1) is 0 Å². The average molecular weight is 563 g/mol. The molecule has 4 rings (SSSR count). The van der Waals surface area contributed by atoms with Crippen molar-refractivity contribution in [2.45, 2.75) is 49.7 Å². The number of rotatable bonds is 4. The standard InChI is InChI=1S/C19H21Si.C5H5.C2H6Si.2ClH.Zr/c1-14-8-9-16-6-5-7-18(19(14)16)15-10-12-17(13-11-15)20(2,3)4;1-2-4-5-3-1;1-3-2;;;/h5-13H,1-4H3;1-3H,4H2;1-2H3;2*1H;/q;;;;;+2/p-2. The van der Waals surface area contributed by atoms with Crippen LogP contribution < -0.4 is 30.0 Å². The van der Waals surface area contributed by atoms with Gasteiger partial charge >= 0.3 is 187 Å². The summed E-state index contributed by atoms with van der Waals surface area (Å²) in [7, 11) is -1.26. The van der Waals surface area contributed by atoms with Crippen LogP contribution in [0.4, 0.5) is 0 Å². The van der Waals surface area contributed by atoms with Gasteiger partial charge in [0.2, 0.25) is 0 Å². The molecule has 31 heavy (non-hydrogen) atoms. The molecule has 5 heteroatoms. The molecule has 1 atom stereocenters. The predicted octanol–water partition coefficient (Wildman–Crippen LogP) is 1.08. The van der Waals surface area contributed by atoms with Gasteiger partial charge in [0.25, 0.3) is 0 Å². The summed E-state index contributed by atoms with van der Waals surface area (Å²) in [4.78, 5) is 0. The van der Waals surface area contributed by atoms with E-state index in [0.717, 1.165) is 3.63 Å². The maximum Gasteiger partial charge on any atom is -1.00 e. The van der Waals surface area contributed by atoms with Crippen molar-refractivity contribution in [2.24, 2.45) is 0 Å². The van der Waals surface area contributed by atoms with Gasteiger partial charge in [-0.25, -0.2) is 0 Å². The van der Waals surface area contributed by atoms with E-state index in [1.54, 1.807) is 10.8 Å². The quantitative estimate of drug-likeness (QED) is 0.490. The summed E-state index contributed by atoms with van der Waals surface area (Å²) >= 11 is -1.70. The molecule has 2 aromatic rings. The Morgan fingerprint density at radius 1 is 0.968 bits per heavy atom. The van der Waals surface area contributed by atoms with E-state index in [4.69, 9.17) is 0 Å². The van der Waals surface area contributed by atoms with Gasteiger partial charge in [-0.15, -0.1) is 0 Å². The summed E-state index contributed by atoms with van der Waals surface area (Å²) < 4.78 is 2.56. The SMILES string of the molecule is CC1=C[CH]([Zr+2]([C]2=CC=CC2)=[Si](C)C)c2cccc(-c3ccc([Si](C)(C)C)cc3)c21.[Cl-].[Cl-]. The number of allylic oxidation sites excluding steroid dienone is 6. The van der Waals surface area contributed by atoms with E-state index in [1.807, 2.05) is 3.28 Å². The molecule has 162 valence electrons. The normalized spacial score (nSPS) is 16.4. The van der Waals surface area contributed by atoms with Crippen molar-refractivity contribution in [1.29, 1.82) is 0 Å². The van der Waals surface area contributed by atoms with E-state index in [1.165, 1.54) is 28.7 Å². The molecule has 2 aliphatic rings. The molecular formula is C26H32Cl2Si2Zr. The zero-order valence-electron chi connectivity index (χ0n) is 19.4. The minimum atomic E-state index is -1.70. The van der Waals surface area contributed by atoms with Gasteiger partial charge in [0, 0.05) is 0 Å². The van der Waals surface area contributed by atoms with Crippen molar-refractivity contribution in [1.82, 2.24) is 0 Å². The van der Waals surface area contributed by atoms with E-state index >= 15 is 0 Å². The average Bonchev–Trinajstić information content (AvgIpc) is 3.30. The van der Waals surface area contributed by atoms with E-state index in [-0.39, 0.29) is 30.2 Å². The van der Waals surface area contributed by atoms with Crippen LogP contribution in [0, 0.1) is 0 Å².